The van der Waals surface area contributed by atoms with Gasteiger partial charge in [-0.15, -0.1) is 0 Å². The van der Waals surface area contributed by atoms with Gasteiger partial charge in [0, 0.05) is 12.1 Å². The second kappa shape index (κ2) is 10.8. The highest BCUT2D eigenvalue weighted by atomic mass is 16.6. The van der Waals surface area contributed by atoms with E-state index in [1.807, 2.05) is 46.8 Å². The van der Waals surface area contributed by atoms with Crippen molar-refractivity contribution in [2.45, 2.75) is 104 Å². The molecule has 0 radical (unpaired) electrons. The van der Waals surface area contributed by atoms with Crippen molar-refractivity contribution < 1.29 is 23.9 Å². The van der Waals surface area contributed by atoms with Crippen LogP contribution in [-0.4, -0.2) is 65.8 Å². The maximum atomic E-state index is 13.0. The summed E-state index contributed by atoms with van der Waals surface area (Å²) in [6.45, 7) is 16.8. The predicted octanol–water partition coefficient (Wildman–Crippen LogP) is 4.02. The van der Waals surface area contributed by atoms with Gasteiger partial charge >= 0.3 is 6.09 Å². The van der Waals surface area contributed by atoms with Gasteiger partial charge in [-0.2, -0.15) is 0 Å². The Morgan fingerprint density at radius 2 is 1.72 bits per heavy atom. The van der Waals surface area contributed by atoms with Gasteiger partial charge in [-0.05, 0) is 62.6 Å². The number of epoxide rings is 1. The molecule has 1 aromatic carbocycles. The number of carbonyl (C=O) groups is 3. The minimum Gasteiger partial charge on any atom is -0.444 e. The summed E-state index contributed by atoms with van der Waals surface area (Å²) in [6, 6.07) is 6.74. The van der Waals surface area contributed by atoms with Crippen LogP contribution in [0.25, 0.3) is 0 Å². The lowest BCUT2D eigenvalue weighted by molar-refractivity contribution is -0.123. The fraction of sp³-hybridized carbons (Fsp3) is 0.679. The molecule has 2 N–H and O–H groups in total. The average Bonchev–Trinajstić information content (AvgIpc) is 3.43. The maximum absolute atomic E-state index is 13.0. The van der Waals surface area contributed by atoms with Crippen LogP contribution in [0.2, 0.25) is 0 Å². The molecule has 2 aliphatic rings. The molecule has 36 heavy (non-hydrogen) atoms. The van der Waals surface area contributed by atoms with Crippen LogP contribution in [0.15, 0.2) is 24.3 Å². The van der Waals surface area contributed by atoms with E-state index in [1.165, 1.54) is 0 Å². The van der Waals surface area contributed by atoms with Crippen LogP contribution in [0.4, 0.5) is 4.79 Å². The van der Waals surface area contributed by atoms with E-state index in [-0.39, 0.29) is 47.5 Å². The minimum absolute atomic E-state index is 0.00102. The molecule has 1 aromatic rings. The second-order valence-corrected chi connectivity index (χ2v) is 12.4. The Bertz CT molecular complexity index is 945. The molecule has 2 fully saturated rings. The molecule has 2 saturated heterocycles. The zero-order valence-electron chi connectivity index (χ0n) is 23.0. The van der Waals surface area contributed by atoms with Crippen molar-refractivity contribution in [2.75, 3.05) is 13.1 Å². The normalized spacial score (nSPS) is 22.1. The third-order valence-corrected chi connectivity index (χ3v) is 6.49. The number of carbonyl (C=O) groups excluding carboxylic acids is 3. The van der Waals surface area contributed by atoms with Crippen LogP contribution >= 0.6 is 0 Å². The maximum Gasteiger partial charge on any atom is 0.410 e. The fourth-order valence-electron chi connectivity index (χ4n) is 4.53. The van der Waals surface area contributed by atoms with Gasteiger partial charge < -0.3 is 20.1 Å². The molecule has 8 heteroatoms. The van der Waals surface area contributed by atoms with Gasteiger partial charge in [0.1, 0.15) is 23.9 Å². The van der Waals surface area contributed by atoms with Crippen LogP contribution in [-0.2, 0) is 19.7 Å². The summed E-state index contributed by atoms with van der Waals surface area (Å²) < 4.78 is 11.2. The molecule has 3 rings (SSSR count). The van der Waals surface area contributed by atoms with E-state index < -0.39 is 11.6 Å². The van der Waals surface area contributed by atoms with E-state index in [1.54, 1.807) is 17.0 Å². The smallest absolute Gasteiger partial charge is 0.410 e. The Morgan fingerprint density at radius 3 is 2.28 bits per heavy atom. The summed E-state index contributed by atoms with van der Waals surface area (Å²) in [4.78, 5) is 40.3. The largest absolute Gasteiger partial charge is 0.444 e. The first kappa shape index (κ1) is 28.0. The Balaban J connectivity index is 1.56. The fourth-order valence-corrected chi connectivity index (χ4v) is 4.53. The Labute approximate surface area is 215 Å². The van der Waals surface area contributed by atoms with E-state index >= 15 is 0 Å². The molecule has 200 valence electrons. The van der Waals surface area contributed by atoms with Gasteiger partial charge in [0.05, 0.1) is 12.6 Å². The van der Waals surface area contributed by atoms with E-state index in [4.69, 9.17) is 9.47 Å². The molecule has 8 nitrogen and oxygen atoms in total. The van der Waals surface area contributed by atoms with Gasteiger partial charge in [0.25, 0.3) is 5.91 Å². The zero-order chi connectivity index (χ0) is 26.8. The number of amides is 3. The van der Waals surface area contributed by atoms with Gasteiger partial charge in [-0.3, -0.25) is 14.5 Å². The average molecular weight is 502 g/mol. The number of benzene rings is 1. The Kier molecular flexibility index (Phi) is 8.38. The van der Waals surface area contributed by atoms with Crippen molar-refractivity contribution in [1.29, 1.82) is 0 Å². The van der Waals surface area contributed by atoms with Crippen molar-refractivity contribution in [1.82, 2.24) is 15.5 Å². The van der Waals surface area contributed by atoms with Crippen molar-refractivity contribution >= 4 is 17.9 Å². The van der Waals surface area contributed by atoms with Crippen molar-refractivity contribution in [2.24, 2.45) is 5.92 Å². The summed E-state index contributed by atoms with van der Waals surface area (Å²) in [5, 5.41) is 5.87. The molecule has 0 spiro atoms. The molecule has 0 aromatic heterocycles. The number of rotatable bonds is 8. The standard InChI is InChI=1S/C28H43N3O5/c1-17(2)15-20(30-24(32)18-9-11-19(12-10-18)27(3,4)5)25(33)29-14-13-21-23-22(35-23)16-31(21)26(34)36-28(6,7)8/h9-12,17,20-23H,13-16H2,1-8H3,(H,29,33)(H,30,32)/t20-,21+,22?,23?/m0/s1. The molecule has 4 atom stereocenters. The van der Waals surface area contributed by atoms with Crippen LogP contribution in [0.1, 0.15) is 84.2 Å². The number of likely N-dealkylation sites (tertiary alicyclic amines) is 1. The summed E-state index contributed by atoms with van der Waals surface area (Å²) in [5.74, 6) is -0.266. The molecule has 2 unspecified atom stereocenters. The molecule has 3 amide bonds. The number of ether oxygens (including phenoxy) is 2. The van der Waals surface area contributed by atoms with E-state index in [2.05, 4.69) is 31.4 Å². The first-order chi connectivity index (χ1) is 16.7. The van der Waals surface area contributed by atoms with Gasteiger partial charge in [0.2, 0.25) is 5.91 Å². The second-order valence-electron chi connectivity index (χ2n) is 12.4. The third kappa shape index (κ3) is 7.45. The highest BCUT2D eigenvalue weighted by Gasteiger charge is 2.56. The third-order valence-electron chi connectivity index (χ3n) is 6.49. The van der Waals surface area contributed by atoms with Crippen LogP contribution in [0.3, 0.4) is 0 Å². The minimum atomic E-state index is -0.643. The molecular weight excluding hydrogens is 458 g/mol. The number of fused-ring (bicyclic) bond motifs is 1. The zero-order valence-corrected chi connectivity index (χ0v) is 23.0. The highest BCUT2D eigenvalue weighted by Crippen LogP contribution is 2.38. The number of morpholine rings is 1. The monoisotopic (exact) mass is 501 g/mol. The topological polar surface area (TPSA) is 100 Å². The first-order valence-corrected chi connectivity index (χ1v) is 13.0. The lowest BCUT2D eigenvalue weighted by Crippen LogP contribution is -2.49. The Morgan fingerprint density at radius 1 is 1.08 bits per heavy atom. The van der Waals surface area contributed by atoms with Gasteiger partial charge in [-0.25, -0.2) is 4.79 Å². The van der Waals surface area contributed by atoms with Crippen LogP contribution in [0, 0.1) is 5.92 Å². The van der Waals surface area contributed by atoms with Crippen molar-refractivity contribution in [3.63, 3.8) is 0 Å². The lowest BCUT2D eigenvalue weighted by Gasteiger charge is -2.30. The molecular formula is C28H43N3O5. The van der Waals surface area contributed by atoms with Crippen LogP contribution in [0.5, 0.6) is 0 Å². The predicted molar refractivity (Wildman–Crippen MR) is 139 cm³/mol. The van der Waals surface area contributed by atoms with E-state index in [9.17, 15) is 14.4 Å². The summed E-state index contributed by atoms with van der Waals surface area (Å²) in [7, 11) is 0. The summed E-state index contributed by atoms with van der Waals surface area (Å²) in [5.41, 5.74) is 1.10. The van der Waals surface area contributed by atoms with Crippen LogP contribution < -0.4 is 10.6 Å². The first-order valence-electron chi connectivity index (χ1n) is 13.0. The van der Waals surface area contributed by atoms with Crippen molar-refractivity contribution in [3.05, 3.63) is 35.4 Å². The summed E-state index contributed by atoms with van der Waals surface area (Å²) in [6.07, 6.45) is 0.784. The van der Waals surface area contributed by atoms with Gasteiger partial charge in [-0.1, -0.05) is 46.8 Å². The number of nitrogens with zero attached hydrogens (tertiary/aromatic N) is 1. The Hall–Kier alpha value is -2.61. The lowest BCUT2D eigenvalue weighted by atomic mass is 9.86. The van der Waals surface area contributed by atoms with E-state index in [0.717, 1.165) is 5.56 Å². The number of nitrogens with one attached hydrogen (secondary N) is 2. The molecule has 2 heterocycles. The molecule has 2 aliphatic heterocycles. The SMILES string of the molecule is CC(C)C[C@H](NC(=O)c1ccc(C(C)(C)C)cc1)C(=O)NCC[C@@H]1C2OC2CN1C(=O)OC(C)(C)C. The molecule has 0 bridgehead atoms. The number of hydrogen-bond acceptors (Lipinski definition) is 5. The van der Waals surface area contributed by atoms with Crippen molar-refractivity contribution in [3.8, 4) is 0 Å². The highest BCUT2D eigenvalue weighted by molar-refractivity contribution is 5.97. The van der Waals surface area contributed by atoms with E-state index in [0.29, 0.717) is 31.5 Å². The quantitative estimate of drug-likeness (QED) is 0.524. The number of hydrogen-bond donors (Lipinski definition) is 2. The summed E-state index contributed by atoms with van der Waals surface area (Å²) >= 11 is 0. The molecule has 0 saturated carbocycles. The van der Waals surface area contributed by atoms with Gasteiger partial charge in [0.15, 0.2) is 0 Å². The molecule has 0 aliphatic carbocycles.